The number of hydrazine groups is 1. The summed E-state index contributed by atoms with van der Waals surface area (Å²) in [5.41, 5.74) is 4.12. The predicted molar refractivity (Wildman–Crippen MR) is 58.8 cm³/mol. The van der Waals surface area contributed by atoms with Gasteiger partial charge in [-0.1, -0.05) is 5.21 Å². The molecule has 0 aliphatic heterocycles. The van der Waals surface area contributed by atoms with Crippen molar-refractivity contribution < 1.29 is 4.74 Å². The van der Waals surface area contributed by atoms with Gasteiger partial charge in [0, 0.05) is 13.1 Å². The summed E-state index contributed by atoms with van der Waals surface area (Å²) in [6.45, 7) is 0. The lowest BCUT2D eigenvalue weighted by Crippen LogP contribution is -2.31. The van der Waals surface area contributed by atoms with Crippen molar-refractivity contribution in [1.82, 2.24) is 30.6 Å². The number of ether oxygens (including phenoxy) is 1. The Morgan fingerprint density at radius 1 is 1.41 bits per heavy atom. The highest BCUT2D eigenvalue weighted by Gasteiger charge is 2.18. The molecule has 17 heavy (non-hydrogen) atoms. The van der Waals surface area contributed by atoms with E-state index < -0.39 is 0 Å². The van der Waals surface area contributed by atoms with Crippen molar-refractivity contribution in [3.63, 3.8) is 0 Å². The molecule has 2 aromatic rings. The van der Waals surface area contributed by atoms with Crippen LogP contribution in [0.1, 0.15) is 17.4 Å². The minimum absolute atomic E-state index is 0.312. The quantitative estimate of drug-likeness (QED) is 0.526. The highest BCUT2D eigenvalue weighted by atomic mass is 16.5. The number of hydrogen-bond donors (Lipinski definition) is 2. The third-order valence-electron chi connectivity index (χ3n) is 2.38. The van der Waals surface area contributed by atoms with Crippen molar-refractivity contribution in [1.29, 1.82) is 0 Å². The van der Waals surface area contributed by atoms with Gasteiger partial charge in [-0.3, -0.25) is 10.5 Å². The SMILES string of the molecule is COc1ccc(C(NN)c2cnnn2C)nn1. The maximum Gasteiger partial charge on any atom is 0.233 e. The third-order valence-corrected chi connectivity index (χ3v) is 2.38. The summed E-state index contributed by atoms with van der Waals surface area (Å²) in [6, 6.07) is 3.19. The molecule has 0 spiro atoms. The van der Waals surface area contributed by atoms with E-state index in [1.165, 1.54) is 7.11 Å². The lowest BCUT2D eigenvalue weighted by Gasteiger charge is -2.14. The maximum atomic E-state index is 5.52. The van der Waals surface area contributed by atoms with Gasteiger partial charge in [0.15, 0.2) is 0 Å². The molecular weight excluding hydrogens is 222 g/mol. The molecule has 1 atom stereocenters. The van der Waals surface area contributed by atoms with Crippen LogP contribution < -0.4 is 16.0 Å². The van der Waals surface area contributed by atoms with Crippen LogP contribution in [0.15, 0.2) is 18.3 Å². The summed E-state index contributed by atoms with van der Waals surface area (Å²) in [6.07, 6.45) is 1.62. The summed E-state index contributed by atoms with van der Waals surface area (Å²) in [4.78, 5) is 0. The van der Waals surface area contributed by atoms with E-state index in [9.17, 15) is 0 Å². The second kappa shape index (κ2) is 4.85. The first-order valence-electron chi connectivity index (χ1n) is 4.94. The minimum Gasteiger partial charge on any atom is -0.480 e. The Hall–Kier alpha value is -2.06. The van der Waals surface area contributed by atoms with Crippen LogP contribution in [0.4, 0.5) is 0 Å². The molecule has 0 saturated heterocycles. The van der Waals surface area contributed by atoms with Gasteiger partial charge in [0.25, 0.3) is 0 Å². The standard InChI is InChI=1S/C9H13N7O/c1-16-7(5-11-15-16)9(12-10)6-3-4-8(17-2)14-13-6/h3-5,9,12H,10H2,1-2H3. The molecule has 3 N–H and O–H groups in total. The Bertz CT molecular complexity index is 480. The molecule has 2 heterocycles. The summed E-state index contributed by atoms with van der Waals surface area (Å²) in [5, 5.41) is 15.6. The van der Waals surface area contributed by atoms with Gasteiger partial charge in [-0.15, -0.1) is 15.3 Å². The summed E-state index contributed by atoms with van der Waals surface area (Å²) in [7, 11) is 3.32. The highest BCUT2D eigenvalue weighted by molar-refractivity contribution is 5.21. The number of aromatic nitrogens is 5. The van der Waals surface area contributed by atoms with Crippen LogP contribution in [0, 0.1) is 0 Å². The number of nitrogens with two attached hydrogens (primary N) is 1. The molecule has 0 amide bonds. The fourth-order valence-electron chi connectivity index (χ4n) is 1.47. The molecular formula is C9H13N7O. The van der Waals surface area contributed by atoms with Gasteiger partial charge < -0.3 is 4.74 Å². The number of methoxy groups -OCH3 is 1. The molecule has 8 heteroatoms. The molecule has 2 aromatic heterocycles. The molecule has 1 unspecified atom stereocenters. The molecule has 0 radical (unpaired) electrons. The Morgan fingerprint density at radius 3 is 2.71 bits per heavy atom. The van der Waals surface area contributed by atoms with Crippen LogP contribution >= 0.6 is 0 Å². The Labute approximate surface area is 97.8 Å². The second-order valence-corrected chi connectivity index (χ2v) is 3.38. The first kappa shape index (κ1) is 11.4. The molecule has 0 aliphatic carbocycles. The van der Waals surface area contributed by atoms with Crippen molar-refractivity contribution in [2.45, 2.75) is 6.04 Å². The number of aryl methyl sites for hydroxylation is 1. The van der Waals surface area contributed by atoms with Crippen LogP contribution in [0.3, 0.4) is 0 Å². The fraction of sp³-hybridized carbons (Fsp3) is 0.333. The fourth-order valence-corrected chi connectivity index (χ4v) is 1.47. The van der Waals surface area contributed by atoms with E-state index >= 15 is 0 Å². The zero-order chi connectivity index (χ0) is 12.3. The van der Waals surface area contributed by atoms with Gasteiger partial charge in [0.1, 0.15) is 6.04 Å². The summed E-state index contributed by atoms with van der Waals surface area (Å²) in [5.74, 6) is 5.97. The van der Waals surface area contributed by atoms with Gasteiger partial charge in [-0.05, 0) is 6.07 Å². The van der Waals surface area contributed by atoms with Gasteiger partial charge in [-0.25, -0.2) is 5.43 Å². The molecule has 8 nitrogen and oxygen atoms in total. The van der Waals surface area contributed by atoms with Gasteiger partial charge in [0.05, 0.1) is 24.7 Å². The molecule has 2 rings (SSSR count). The van der Waals surface area contributed by atoms with Crippen LogP contribution in [0.5, 0.6) is 5.88 Å². The minimum atomic E-state index is -0.312. The Kier molecular flexibility index (Phi) is 3.26. The van der Waals surface area contributed by atoms with E-state index in [1.807, 2.05) is 0 Å². The molecule has 0 aliphatic rings. The molecule has 0 saturated carbocycles. The van der Waals surface area contributed by atoms with Crippen LogP contribution in [0.25, 0.3) is 0 Å². The zero-order valence-corrected chi connectivity index (χ0v) is 9.53. The number of rotatable bonds is 4. The van der Waals surface area contributed by atoms with Crippen LogP contribution in [0.2, 0.25) is 0 Å². The molecule has 0 aromatic carbocycles. The predicted octanol–water partition coefficient (Wildman–Crippen LogP) is -0.834. The third kappa shape index (κ3) is 2.22. The van der Waals surface area contributed by atoms with Crippen molar-refractivity contribution in [3.05, 3.63) is 29.7 Å². The number of nitrogens with one attached hydrogen (secondary N) is 1. The molecule has 0 fully saturated rings. The van der Waals surface area contributed by atoms with Crippen molar-refractivity contribution in [2.24, 2.45) is 12.9 Å². The monoisotopic (exact) mass is 235 g/mol. The Morgan fingerprint density at radius 2 is 2.24 bits per heavy atom. The van der Waals surface area contributed by atoms with Gasteiger partial charge in [0.2, 0.25) is 5.88 Å². The van der Waals surface area contributed by atoms with E-state index in [0.29, 0.717) is 11.6 Å². The normalized spacial score (nSPS) is 12.4. The van der Waals surface area contributed by atoms with Crippen LogP contribution in [-0.4, -0.2) is 32.3 Å². The smallest absolute Gasteiger partial charge is 0.233 e. The summed E-state index contributed by atoms with van der Waals surface area (Å²) < 4.78 is 6.56. The topological polar surface area (TPSA) is 104 Å². The van der Waals surface area contributed by atoms with E-state index in [-0.39, 0.29) is 6.04 Å². The first-order valence-corrected chi connectivity index (χ1v) is 4.94. The number of nitrogens with zero attached hydrogens (tertiary/aromatic N) is 5. The lowest BCUT2D eigenvalue weighted by molar-refractivity contribution is 0.390. The lowest BCUT2D eigenvalue weighted by atomic mass is 10.1. The van der Waals surface area contributed by atoms with Gasteiger partial charge >= 0.3 is 0 Å². The van der Waals surface area contributed by atoms with E-state index in [1.54, 1.807) is 30.1 Å². The molecule has 0 bridgehead atoms. The first-order chi connectivity index (χ1) is 8.26. The number of hydrogen-bond acceptors (Lipinski definition) is 7. The van der Waals surface area contributed by atoms with E-state index in [4.69, 9.17) is 10.6 Å². The average Bonchev–Trinajstić information content (AvgIpc) is 2.78. The average molecular weight is 235 g/mol. The van der Waals surface area contributed by atoms with Crippen molar-refractivity contribution in [2.75, 3.05) is 7.11 Å². The maximum absolute atomic E-state index is 5.52. The van der Waals surface area contributed by atoms with Crippen LogP contribution in [-0.2, 0) is 7.05 Å². The second-order valence-electron chi connectivity index (χ2n) is 3.38. The van der Waals surface area contributed by atoms with Gasteiger partial charge in [-0.2, -0.15) is 0 Å². The highest BCUT2D eigenvalue weighted by Crippen LogP contribution is 2.18. The van der Waals surface area contributed by atoms with E-state index in [0.717, 1.165) is 5.69 Å². The zero-order valence-electron chi connectivity index (χ0n) is 9.53. The van der Waals surface area contributed by atoms with Crippen molar-refractivity contribution >= 4 is 0 Å². The Balaban J connectivity index is 2.32. The largest absolute Gasteiger partial charge is 0.480 e. The van der Waals surface area contributed by atoms with E-state index in [2.05, 4.69) is 25.9 Å². The van der Waals surface area contributed by atoms with Crippen molar-refractivity contribution in [3.8, 4) is 5.88 Å². The summed E-state index contributed by atoms with van der Waals surface area (Å²) >= 11 is 0. The molecule has 90 valence electrons.